The maximum absolute atomic E-state index is 13.4. The summed E-state index contributed by atoms with van der Waals surface area (Å²) >= 11 is 0. The highest BCUT2D eigenvalue weighted by Gasteiger charge is 2.10. The molecule has 0 radical (unpaired) electrons. The predicted molar refractivity (Wildman–Crippen MR) is 64.0 cm³/mol. The summed E-state index contributed by atoms with van der Waals surface area (Å²) in [4.78, 5) is 0. The Balaban J connectivity index is 2.67. The SMILES string of the molecule is CCCOCC(NC)c1ccc(C)c(F)c1. The molecule has 0 aliphatic rings. The van der Waals surface area contributed by atoms with Crippen molar-refractivity contribution in [2.24, 2.45) is 0 Å². The van der Waals surface area contributed by atoms with Gasteiger partial charge in [-0.3, -0.25) is 0 Å². The van der Waals surface area contributed by atoms with Gasteiger partial charge in [0.15, 0.2) is 0 Å². The van der Waals surface area contributed by atoms with E-state index < -0.39 is 0 Å². The fraction of sp³-hybridized carbons (Fsp3) is 0.538. The lowest BCUT2D eigenvalue weighted by Crippen LogP contribution is -2.22. The van der Waals surface area contributed by atoms with E-state index in [0.29, 0.717) is 12.2 Å². The highest BCUT2D eigenvalue weighted by atomic mass is 19.1. The largest absolute Gasteiger partial charge is 0.379 e. The molecule has 0 spiro atoms. The lowest BCUT2D eigenvalue weighted by atomic mass is 10.1. The molecular formula is C13H20FNO. The number of hydrogen-bond donors (Lipinski definition) is 1. The van der Waals surface area contributed by atoms with Crippen molar-refractivity contribution < 1.29 is 9.13 Å². The number of hydrogen-bond acceptors (Lipinski definition) is 2. The second kappa shape index (κ2) is 6.61. The molecule has 90 valence electrons. The summed E-state index contributed by atoms with van der Waals surface area (Å²) in [6, 6.07) is 5.37. The molecule has 1 aromatic carbocycles. The van der Waals surface area contributed by atoms with Gasteiger partial charge < -0.3 is 10.1 Å². The van der Waals surface area contributed by atoms with Gasteiger partial charge in [0.25, 0.3) is 0 Å². The third-order valence-electron chi connectivity index (χ3n) is 2.58. The van der Waals surface area contributed by atoms with Gasteiger partial charge in [0.05, 0.1) is 12.6 Å². The Morgan fingerprint density at radius 1 is 1.44 bits per heavy atom. The molecule has 0 bridgehead atoms. The number of halogens is 1. The first-order chi connectivity index (χ1) is 7.69. The molecular weight excluding hydrogens is 205 g/mol. The Hall–Kier alpha value is -0.930. The fourth-order valence-corrected chi connectivity index (χ4v) is 1.52. The second-order valence-electron chi connectivity index (χ2n) is 3.92. The molecule has 0 heterocycles. The molecule has 0 amide bonds. The summed E-state index contributed by atoms with van der Waals surface area (Å²) in [7, 11) is 1.86. The molecule has 1 atom stereocenters. The van der Waals surface area contributed by atoms with Crippen molar-refractivity contribution >= 4 is 0 Å². The van der Waals surface area contributed by atoms with Gasteiger partial charge in [-0.25, -0.2) is 4.39 Å². The van der Waals surface area contributed by atoms with Crippen molar-refractivity contribution in [2.75, 3.05) is 20.3 Å². The lowest BCUT2D eigenvalue weighted by molar-refractivity contribution is 0.114. The lowest BCUT2D eigenvalue weighted by Gasteiger charge is -2.17. The van der Waals surface area contributed by atoms with Gasteiger partial charge in [-0.15, -0.1) is 0 Å². The van der Waals surface area contributed by atoms with Crippen molar-refractivity contribution in [1.82, 2.24) is 5.32 Å². The van der Waals surface area contributed by atoms with E-state index in [1.807, 2.05) is 13.1 Å². The van der Waals surface area contributed by atoms with E-state index in [0.717, 1.165) is 18.6 Å². The van der Waals surface area contributed by atoms with Crippen LogP contribution in [0.3, 0.4) is 0 Å². The quantitative estimate of drug-likeness (QED) is 0.752. The third kappa shape index (κ3) is 3.58. The normalized spacial score (nSPS) is 12.8. The number of benzene rings is 1. The summed E-state index contributed by atoms with van der Waals surface area (Å²) in [5.74, 6) is -0.159. The van der Waals surface area contributed by atoms with Gasteiger partial charge in [0.1, 0.15) is 5.82 Å². The highest BCUT2D eigenvalue weighted by Crippen LogP contribution is 2.16. The maximum Gasteiger partial charge on any atom is 0.126 e. The van der Waals surface area contributed by atoms with E-state index in [-0.39, 0.29) is 11.9 Å². The third-order valence-corrected chi connectivity index (χ3v) is 2.58. The molecule has 0 aromatic heterocycles. The van der Waals surface area contributed by atoms with E-state index in [9.17, 15) is 4.39 Å². The van der Waals surface area contributed by atoms with Gasteiger partial charge in [-0.1, -0.05) is 19.1 Å². The van der Waals surface area contributed by atoms with E-state index in [1.54, 1.807) is 19.1 Å². The smallest absolute Gasteiger partial charge is 0.126 e. The standard InChI is InChI=1S/C13H20FNO/c1-4-7-16-9-13(15-3)11-6-5-10(2)12(14)8-11/h5-6,8,13,15H,4,7,9H2,1-3H3. The first-order valence-electron chi connectivity index (χ1n) is 5.70. The van der Waals surface area contributed by atoms with Crippen LogP contribution in [0.25, 0.3) is 0 Å². The number of rotatable bonds is 6. The molecule has 1 rings (SSSR count). The molecule has 0 saturated carbocycles. The van der Waals surface area contributed by atoms with Gasteiger partial charge in [-0.2, -0.15) is 0 Å². The monoisotopic (exact) mass is 225 g/mol. The summed E-state index contributed by atoms with van der Waals surface area (Å²) in [5, 5.41) is 3.13. The van der Waals surface area contributed by atoms with Crippen molar-refractivity contribution in [3.63, 3.8) is 0 Å². The number of aryl methyl sites for hydroxylation is 1. The van der Waals surface area contributed by atoms with E-state index >= 15 is 0 Å². The first-order valence-corrected chi connectivity index (χ1v) is 5.70. The Bertz CT molecular complexity index is 328. The minimum absolute atomic E-state index is 0.0571. The van der Waals surface area contributed by atoms with Gasteiger partial charge in [0.2, 0.25) is 0 Å². The van der Waals surface area contributed by atoms with Gasteiger partial charge in [0, 0.05) is 6.61 Å². The second-order valence-corrected chi connectivity index (χ2v) is 3.92. The Morgan fingerprint density at radius 3 is 2.75 bits per heavy atom. The van der Waals surface area contributed by atoms with Crippen LogP contribution >= 0.6 is 0 Å². The molecule has 1 aromatic rings. The molecule has 0 fully saturated rings. The first kappa shape index (κ1) is 13.1. The van der Waals surface area contributed by atoms with Crippen LogP contribution in [-0.4, -0.2) is 20.3 Å². The van der Waals surface area contributed by atoms with Crippen LogP contribution in [0.5, 0.6) is 0 Å². The predicted octanol–water partition coefficient (Wildman–Crippen LogP) is 2.82. The van der Waals surface area contributed by atoms with Gasteiger partial charge in [-0.05, 0) is 37.6 Å². The molecule has 1 unspecified atom stereocenters. The van der Waals surface area contributed by atoms with Crippen LogP contribution in [0.1, 0.15) is 30.5 Å². The number of ether oxygens (including phenoxy) is 1. The van der Waals surface area contributed by atoms with Gasteiger partial charge >= 0.3 is 0 Å². The van der Waals surface area contributed by atoms with E-state index in [1.165, 1.54) is 0 Å². The average Bonchev–Trinajstić information content (AvgIpc) is 2.29. The average molecular weight is 225 g/mol. The summed E-state index contributed by atoms with van der Waals surface area (Å²) in [6.07, 6.45) is 0.999. The van der Waals surface area contributed by atoms with Crippen LogP contribution < -0.4 is 5.32 Å². The fourth-order valence-electron chi connectivity index (χ4n) is 1.52. The molecule has 2 nitrogen and oxygen atoms in total. The zero-order valence-electron chi connectivity index (χ0n) is 10.2. The van der Waals surface area contributed by atoms with E-state index in [4.69, 9.17) is 4.74 Å². The minimum atomic E-state index is -0.159. The molecule has 0 aliphatic heterocycles. The van der Waals surface area contributed by atoms with Crippen LogP contribution in [0.15, 0.2) is 18.2 Å². The summed E-state index contributed by atoms with van der Waals surface area (Å²) in [5.41, 5.74) is 1.61. The van der Waals surface area contributed by atoms with Crippen LogP contribution in [0, 0.1) is 12.7 Å². The molecule has 16 heavy (non-hydrogen) atoms. The minimum Gasteiger partial charge on any atom is -0.379 e. The maximum atomic E-state index is 13.4. The molecule has 1 N–H and O–H groups in total. The molecule has 3 heteroatoms. The highest BCUT2D eigenvalue weighted by molar-refractivity contribution is 5.25. The molecule has 0 saturated heterocycles. The van der Waals surface area contributed by atoms with Crippen LogP contribution in [0.2, 0.25) is 0 Å². The zero-order valence-corrected chi connectivity index (χ0v) is 10.2. The van der Waals surface area contributed by atoms with Crippen molar-refractivity contribution in [3.05, 3.63) is 35.1 Å². The summed E-state index contributed by atoms with van der Waals surface area (Å²) < 4.78 is 18.9. The van der Waals surface area contributed by atoms with Crippen molar-refractivity contribution in [2.45, 2.75) is 26.3 Å². The van der Waals surface area contributed by atoms with Crippen molar-refractivity contribution in [3.8, 4) is 0 Å². The Labute approximate surface area is 96.8 Å². The van der Waals surface area contributed by atoms with Crippen LogP contribution in [0.4, 0.5) is 4.39 Å². The Kier molecular flexibility index (Phi) is 5.43. The van der Waals surface area contributed by atoms with E-state index in [2.05, 4.69) is 12.2 Å². The van der Waals surface area contributed by atoms with Crippen LogP contribution in [-0.2, 0) is 4.74 Å². The number of likely N-dealkylation sites (N-methyl/N-ethyl adjacent to an activating group) is 1. The zero-order chi connectivity index (χ0) is 12.0. The summed E-state index contributed by atoms with van der Waals surface area (Å²) in [6.45, 7) is 5.15. The number of nitrogens with one attached hydrogen (secondary N) is 1. The topological polar surface area (TPSA) is 21.3 Å². The Morgan fingerprint density at radius 2 is 2.19 bits per heavy atom. The molecule has 0 aliphatic carbocycles. The van der Waals surface area contributed by atoms with Crippen molar-refractivity contribution in [1.29, 1.82) is 0 Å².